The molecule has 30 heavy (non-hydrogen) atoms. The molecule has 7 nitrogen and oxygen atoms in total. The Bertz CT molecular complexity index is 1100. The fourth-order valence-corrected chi connectivity index (χ4v) is 4.35. The maximum atomic E-state index is 12.5. The SMILES string of the molecule is CCN(CC)S(=O)(=O)c1ccc(/C=C/C(=O)Nc2ccc(-c3cnco3)cc2)cc1. The minimum atomic E-state index is -3.49. The van der Waals surface area contributed by atoms with E-state index in [0.717, 1.165) is 11.1 Å². The number of hydrogen-bond donors (Lipinski definition) is 1. The van der Waals surface area contributed by atoms with Gasteiger partial charge in [0.05, 0.1) is 11.1 Å². The van der Waals surface area contributed by atoms with E-state index in [1.54, 1.807) is 62.5 Å². The number of nitrogens with zero attached hydrogens (tertiary/aromatic N) is 2. The summed E-state index contributed by atoms with van der Waals surface area (Å²) in [6, 6.07) is 13.6. The van der Waals surface area contributed by atoms with Crippen LogP contribution in [0.25, 0.3) is 17.4 Å². The van der Waals surface area contributed by atoms with Crippen molar-refractivity contribution in [2.45, 2.75) is 18.7 Å². The summed E-state index contributed by atoms with van der Waals surface area (Å²) in [4.78, 5) is 16.3. The molecule has 0 aliphatic carbocycles. The first-order chi connectivity index (χ1) is 14.4. The normalized spacial score (nSPS) is 11.8. The Morgan fingerprint density at radius 3 is 2.30 bits per heavy atom. The van der Waals surface area contributed by atoms with Crippen molar-refractivity contribution in [2.24, 2.45) is 0 Å². The van der Waals surface area contributed by atoms with Crippen LogP contribution in [0.2, 0.25) is 0 Å². The highest BCUT2D eigenvalue weighted by Gasteiger charge is 2.20. The van der Waals surface area contributed by atoms with Gasteiger partial charge in [0.2, 0.25) is 15.9 Å². The first kappa shape index (κ1) is 21.5. The average Bonchev–Trinajstić information content (AvgIpc) is 3.29. The predicted octanol–water partition coefficient (Wildman–Crippen LogP) is 4.02. The molecular weight excluding hydrogens is 402 g/mol. The zero-order chi connectivity index (χ0) is 21.6. The lowest BCUT2D eigenvalue weighted by Crippen LogP contribution is -2.30. The molecule has 2 aromatic carbocycles. The van der Waals surface area contributed by atoms with Crippen molar-refractivity contribution < 1.29 is 17.6 Å². The molecule has 0 saturated carbocycles. The van der Waals surface area contributed by atoms with E-state index in [0.29, 0.717) is 24.5 Å². The summed E-state index contributed by atoms with van der Waals surface area (Å²) < 4.78 is 31.7. The van der Waals surface area contributed by atoms with Crippen LogP contribution in [0.4, 0.5) is 5.69 Å². The van der Waals surface area contributed by atoms with Crippen LogP contribution in [0.5, 0.6) is 0 Å². The van der Waals surface area contributed by atoms with Crippen molar-refractivity contribution in [1.82, 2.24) is 9.29 Å². The number of carbonyl (C=O) groups is 1. The molecule has 0 aliphatic heterocycles. The van der Waals surface area contributed by atoms with Crippen LogP contribution < -0.4 is 5.32 Å². The van der Waals surface area contributed by atoms with E-state index in [-0.39, 0.29) is 10.8 Å². The quantitative estimate of drug-likeness (QED) is 0.550. The summed E-state index contributed by atoms with van der Waals surface area (Å²) in [5, 5.41) is 2.78. The number of hydrogen-bond acceptors (Lipinski definition) is 5. The van der Waals surface area contributed by atoms with Crippen molar-refractivity contribution in [3.63, 3.8) is 0 Å². The molecule has 0 radical (unpaired) electrons. The number of sulfonamides is 1. The smallest absolute Gasteiger partial charge is 0.248 e. The summed E-state index contributed by atoms with van der Waals surface area (Å²) >= 11 is 0. The average molecular weight is 426 g/mol. The maximum Gasteiger partial charge on any atom is 0.248 e. The van der Waals surface area contributed by atoms with Gasteiger partial charge in [0.1, 0.15) is 0 Å². The van der Waals surface area contributed by atoms with Crippen molar-refractivity contribution in [2.75, 3.05) is 18.4 Å². The molecule has 1 N–H and O–H groups in total. The summed E-state index contributed by atoms with van der Waals surface area (Å²) in [7, 11) is -3.49. The molecule has 3 rings (SSSR count). The monoisotopic (exact) mass is 425 g/mol. The Morgan fingerprint density at radius 1 is 1.07 bits per heavy atom. The van der Waals surface area contributed by atoms with Crippen LogP contribution in [0.3, 0.4) is 0 Å². The number of rotatable bonds is 8. The van der Waals surface area contributed by atoms with Gasteiger partial charge in [0, 0.05) is 30.4 Å². The molecule has 156 valence electrons. The first-order valence-electron chi connectivity index (χ1n) is 9.52. The highest BCUT2D eigenvalue weighted by Crippen LogP contribution is 2.21. The Labute approximate surface area is 176 Å². The summed E-state index contributed by atoms with van der Waals surface area (Å²) in [5.41, 5.74) is 2.23. The number of carbonyl (C=O) groups excluding carboxylic acids is 1. The van der Waals surface area contributed by atoms with Crippen molar-refractivity contribution in [3.8, 4) is 11.3 Å². The van der Waals surface area contributed by atoms with E-state index < -0.39 is 10.0 Å². The molecule has 0 spiro atoms. The number of benzene rings is 2. The number of amides is 1. The molecule has 1 amide bonds. The Hall–Kier alpha value is -3.23. The Kier molecular flexibility index (Phi) is 6.81. The second-order valence-corrected chi connectivity index (χ2v) is 8.36. The number of oxazole rings is 1. The van der Waals surface area contributed by atoms with Gasteiger partial charge in [-0.3, -0.25) is 4.79 Å². The van der Waals surface area contributed by atoms with Crippen molar-refractivity contribution >= 4 is 27.7 Å². The minimum absolute atomic E-state index is 0.236. The largest absolute Gasteiger partial charge is 0.444 e. The van der Waals surface area contributed by atoms with Crippen LogP contribution in [0.15, 0.2) is 76.5 Å². The van der Waals surface area contributed by atoms with Crippen molar-refractivity contribution in [1.29, 1.82) is 0 Å². The summed E-state index contributed by atoms with van der Waals surface area (Å²) in [6.07, 6.45) is 6.01. The fraction of sp³-hybridized carbons (Fsp3) is 0.182. The van der Waals surface area contributed by atoms with Gasteiger partial charge in [0.15, 0.2) is 12.2 Å². The number of aromatic nitrogens is 1. The molecule has 8 heteroatoms. The predicted molar refractivity (Wildman–Crippen MR) is 116 cm³/mol. The van der Waals surface area contributed by atoms with Crippen LogP contribution in [-0.4, -0.2) is 36.7 Å². The van der Waals surface area contributed by atoms with Gasteiger partial charge in [0.25, 0.3) is 0 Å². The minimum Gasteiger partial charge on any atom is -0.444 e. The standard InChI is InChI=1S/C22H23N3O4S/c1-3-25(4-2)30(27,28)20-12-5-17(6-13-20)7-14-22(26)24-19-10-8-18(9-11-19)21-15-23-16-29-21/h5-16H,3-4H2,1-2H3,(H,24,26)/b14-7+. The molecule has 0 fully saturated rings. The lowest BCUT2D eigenvalue weighted by atomic mass is 10.1. The molecule has 1 heterocycles. The fourth-order valence-electron chi connectivity index (χ4n) is 2.90. The molecule has 0 bridgehead atoms. The van der Waals surface area contributed by atoms with Gasteiger partial charge in [-0.15, -0.1) is 0 Å². The van der Waals surface area contributed by atoms with Crippen LogP contribution in [0, 0.1) is 0 Å². The molecule has 0 saturated heterocycles. The van der Waals surface area contributed by atoms with Gasteiger partial charge >= 0.3 is 0 Å². The zero-order valence-electron chi connectivity index (χ0n) is 16.8. The molecular formula is C22H23N3O4S. The van der Waals surface area contributed by atoms with E-state index in [2.05, 4.69) is 10.3 Å². The van der Waals surface area contributed by atoms with Gasteiger partial charge < -0.3 is 9.73 Å². The highest BCUT2D eigenvalue weighted by molar-refractivity contribution is 7.89. The zero-order valence-corrected chi connectivity index (χ0v) is 17.6. The Morgan fingerprint density at radius 2 is 1.73 bits per heavy atom. The van der Waals surface area contributed by atoms with Gasteiger partial charge in [-0.2, -0.15) is 4.31 Å². The lowest BCUT2D eigenvalue weighted by molar-refractivity contribution is -0.111. The van der Waals surface area contributed by atoms with Crippen LogP contribution in [-0.2, 0) is 14.8 Å². The molecule has 0 aliphatic rings. The maximum absolute atomic E-state index is 12.5. The molecule has 0 unspecified atom stereocenters. The lowest BCUT2D eigenvalue weighted by Gasteiger charge is -2.18. The third kappa shape index (κ3) is 5.03. The van der Waals surface area contributed by atoms with Gasteiger partial charge in [-0.05, 0) is 48.0 Å². The number of nitrogens with one attached hydrogen (secondary N) is 1. The summed E-state index contributed by atoms with van der Waals surface area (Å²) in [5.74, 6) is 0.362. The van der Waals surface area contributed by atoms with Crippen LogP contribution >= 0.6 is 0 Å². The molecule has 3 aromatic rings. The van der Waals surface area contributed by atoms with Crippen LogP contribution in [0.1, 0.15) is 19.4 Å². The van der Waals surface area contributed by atoms with Gasteiger partial charge in [-0.1, -0.05) is 26.0 Å². The Balaban J connectivity index is 1.62. The third-order valence-corrected chi connectivity index (χ3v) is 6.58. The first-order valence-corrected chi connectivity index (χ1v) is 11.0. The highest BCUT2D eigenvalue weighted by atomic mass is 32.2. The second kappa shape index (κ2) is 9.51. The van der Waals surface area contributed by atoms with E-state index in [4.69, 9.17) is 4.42 Å². The molecule has 0 atom stereocenters. The third-order valence-electron chi connectivity index (χ3n) is 4.52. The second-order valence-electron chi connectivity index (χ2n) is 6.42. The van der Waals surface area contributed by atoms with E-state index in [9.17, 15) is 13.2 Å². The van der Waals surface area contributed by atoms with E-state index in [1.165, 1.54) is 16.8 Å². The topological polar surface area (TPSA) is 92.5 Å². The van der Waals surface area contributed by atoms with Gasteiger partial charge in [-0.25, -0.2) is 13.4 Å². The number of anilines is 1. The van der Waals surface area contributed by atoms with E-state index in [1.807, 2.05) is 12.1 Å². The summed E-state index contributed by atoms with van der Waals surface area (Å²) in [6.45, 7) is 4.44. The molecule has 1 aromatic heterocycles. The van der Waals surface area contributed by atoms with E-state index >= 15 is 0 Å². The van der Waals surface area contributed by atoms with Crippen molar-refractivity contribution in [3.05, 3.63) is 72.8 Å².